The zero-order valence-corrected chi connectivity index (χ0v) is 15.9. The summed E-state index contributed by atoms with van der Waals surface area (Å²) in [5, 5.41) is 14.6. The number of phenols is 1. The van der Waals surface area contributed by atoms with Crippen LogP contribution in [-0.4, -0.2) is 43.2 Å². The van der Waals surface area contributed by atoms with Crippen molar-refractivity contribution in [1.82, 2.24) is 5.32 Å². The van der Waals surface area contributed by atoms with Crippen molar-refractivity contribution in [2.75, 3.05) is 25.6 Å². The summed E-state index contributed by atoms with van der Waals surface area (Å²) in [6.45, 7) is 2.72. The number of hydrogen-bond donors (Lipinski definition) is 3. The van der Waals surface area contributed by atoms with Gasteiger partial charge < -0.3 is 25.2 Å². The summed E-state index contributed by atoms with van der Waals surface area (Å²) in [5.74, 6) is -1.37. The zero-order chi connectivity index (χ0) is 20.7. The zero-order valence-electron chi connectivity index (χ0n) is 15.9. The summed E-state index contributed by atoms with van der Waals surface area (Å²) in [6, 6.07) is 9.63. The van der Waals surface area contributed by atoms with Crippen molar-refractivity contribution in [3.63, 3.8) is 0 Å². The molecule has 2 aromatic carbocycles. The number of hydrogen-bond acceptors (Lipinski definition) is 6. The Morgan fingerprint density at radius 1 is 1.04 bits per heavy atom. The van der Waals surface area contributed by atoms with E-state index in [9.17, 15) is 19.5 Å². The van der Waals surface area contributed by atoms with Crippen LogP contribution < -0.4 is 15.4 Å². The SMILES string of the molecule is COc1ccc(C)cc1NC(=O)CNC(=O)COC(=O)c1ccc(C)c(O)c1. The van der Waals surface area contributed by atoms with Crippen LogP contribution in [0.5, 0.6) is 11.5 Å². The predicted octanol–water partition coefficient (Wildman–Crippen LogP) is 1.93. The first-order valence-corrected chi connectivity index (χ1v) is 8.48. The van der Waals surface area contributed by atoms with Crippen LogP contribution in [0.3, 0.4) is 0 Å². The lowest BCUT2D eigenvalue weighted by molar-refractivity contribution is -0.126. The van der Waals surface area contributed by atoms with E-state index in [1.165, 1.54) is 19.2 Å². The molecule has 0 spiro atoms. The van der Waals surface area contributed by atoms with E-state index in [-0.39, 0.29) is 17.9 Å². The normalized spacial score (nSPS) is 10.1. The van der Waals surface area contributed by atoms with Crippen LogP contribution >= 0.6 is 0 Å². The fourth-order valence-electron chi connectivity index (χ4n) is 2.29. The molecule has 0 aliphatic heterocycles. The van der Waals surface area contributed by atoms with Crippen LogP contribution in [0.1, 0.15) is 21.5 Å². The van der Waals surface area contributed by atoms with Crippen molar-refractivity contribution in [2.45, 2.75) is 13.8 Å². The average molecular weight is 386 g/mol. The van der Waals surface area contributed by atoms with E-state index in [1.54, 1.807) is 25.1 Å². The number of aromatic hydroxyl groups is 1. The minimum absolute atomic E-state index is 0.0397. The number of carbonyl (C=O) groups is 3. The third kappa shape index (κ3) is 5.73. The highest BCUT2D eigenvalue weighted by Crippen LogP contribution is 2.24. The molecule has 0 heterocycles. The van der Waals surface area contributed by atoms with Crippen LogP contribution in [0.15, 0.2) is 36.4 Å². The summed E-state index contributed by atoms with van der Waals surface area (Å²) in [6.07, 6.45) is 0. The minimum Gasteiger partial charge on any atom is -0.508 e. The molecule has 2 aromatic rings. The summed E-state index contributed by atoms with van der Waals surface area (Å²) in [4.78, 5) is 35.7. The van der Waals surface area contributed by atoms with Crippen LogP contribution in [-0.2, 0) is 14.3 Å². The first-order valence-electron chi connectivity index (χ1n) is 8.48. The number of methoxy groups -OCH3 is 1. The molecule has 0 aromatic heterocycles. The number of benzene rings is 2. The van der Waals surface area contributed by atoms with E-state index >= 15 is 0 Å². The summed E-state index contributed by atoms with van der Waals surface area (Å²) in [7, 11) is 1.49. The van der Waals surface area contributed by atoms with Crippen molar-refractivity contribution >= 4 is 23.5 Å². The molecule has 0 aliphatic carbocycles. The number of esters is 1. The number of phenolic OH excluding ortho intramolecular Hbond substituents is 1. The van der Waals surface area contributed by atoms with Gasteiger partial charge in [0, 0.05) is 0 Å². The summed E-state index contributed by atoms with van der Waals surface area (Å²) in [5.41, 5.74) is 2.17. The maximum absolute atomic E-state index is 12.0. The summed E-state index contributed by atoms with van der Waals surface area (Å²) < 4.78 is 10.0. The molecule has 8 heteroatoms. The van der Waals surface area contributed by atoms with Gasteiger partial charge in [-0.3, -0.25) is 9.59 Å². The number of aryl methyl sites for hydroxylation is 2. The van der Waals surface area contributed by atoms with Crippen molar-refractivity contribution in [2.24, 2.45) is 0 Å². The first kappa shape index (κ1) is 20.8. The van der Waals surface area contributed by atoms with Crippen molar-refractivity contribution in [1.29, 1.82) is 0 Å². The molecular formula is C20H22N2O6. The molecule has 3 N–H and O–H groups in total. The second-order valence-electron chi connectivity index (χ2n) is 6.11. The van der Waals surface area contributed by atoms with Crippen LogP contribution in [0.2, 0.25) is 0 Å². The molecule has 2 amide bonds. The number of nitrogens with one attached hydrogen (secondary N) is 2. The van der Waals surface area contributed by atoms with Gasteiger partial charge in [0.05, 0.1) is 24.9 Å². The fourth-order valence-corrected chi connectivity index (χ4v) is 2.29. The second-order valence-corrected chi connectivity index (χ2v) is 6.11. The Morgan fingerprint density at radius 3 is 2.46 bits per heavy atom. The topological polar surface area (TPSA) is 114 Å². The molecule has 0 atom stereocenters. The molecule has 0 saturated heterocycles. The Morgan fingerprint density at radius 2 is 1.79 bits per heavy atom. The fraction of sp³-hybridized carbons (Fsp3) is 0.250. The number of anilines is 1. The minimum atomic E-state index is -0.751. The summed E-state index contributed by atoms with van der Waals surface area (Å²) >= 11 is 0. The van der Waals surface area contributed by atoms with E-state index in [0.717, 1.165) is 5.56 Å². The third-order valence-corrected chi connectivity index (χ3v) is 3.85. The monoisotopic (exact) mass is 386 g/mol. The van der Waals surface area contributed by atoms with Crippen molar-refractivity contribution in [3.05, 3.63) is 53.1 Å². The van der Waals surface area contributed by atoms with Gasteiger partial charge in [-0.1, -0.05) is 12.1 Å². The molecule has 148 valence electrons. The molecule has 0 fully saturated rings. The van der Waals surface area contributed by atoms with E-state index in [1.807, 2.05) is 13.0 Å². The lowest BCUT2D eigenvalue weighted by atomic mass is 10.1. The highest BCUT2D eigenvalue weighted by Gasteiger charge is 2.13. The van der Waals surface area contributed by atoms with E-state index in [4.69, 9.17) is 9.47 Å². The van der Waals surface area contributed by atoms with Crippen LogP contribution in [0.4, 0.5) is 5.69 Å². The van der Waals surface area contributed by atoms with E-state index in [0.29, 0.717) is 17.0 Å². The molecule has 0 radical (unpaired) electrons. The van der Waals surface area contributed by atoms with Crippen molar-refractivity contribution in [3.8, 4) is 11.5 Å². The standard InChI is InChI=1S/C20H22N2O6/c1-12-4-7-17(27-3)15(8-12)22-18(24)10-21-19(25)11-28-20(26)14-6-5-13(2)16(23)9-14/h4-9,23H,10-11H2,1-3H3,(H,21,25)(H,22,24). The Kier molecular flexibility index (Phi) is 6.97. The van der Waals surface area contributed by atoms with Gasteiger partial charge in [-0.2, -0.15) is 0 Å². The Bertz CT molecular complexity index is 894. The van der Waals surface area contributed by atoms with Gasteiger partial charge in [0.25, 0.3) is 5.91 Å². The Hall–Kier alpha value is -3.55. The van der Waals surface area contributed by atoms with Gasteiger partial charge in [-0.25, -0.2) is 4.79 Å². The third-order valence-electron chi connectivity index (χ3n) is 3.85. The Labute approximate surface area is 162 Å². The van der Waals surface area contributed by atoms with Gasteiger partial charge in [0.2, 0.25) is 5.91 Å². The molecule has 0 bridgehead atoms. The number of rotatable bonds is 7. The highest BCUT2D eigenvalue weighted by molar-refractivity contribution is 5.96. The highest BCUT2D eigenvalue weighted by atomic mass is 16.5. The molecule has 8 nitrogen and oxygen atoms in total. The average Bonchev–Trinajstić information content (AvgIpc) is 2.66. The predicted molar refractivity (Wildman–Crippen MR) is 102 cm³/mol. The van der Waals surface area contributed by atoms with Gasteiger partial charge in [-0.15, -0.1) is 0 Å². The lowest BCUT2D eigenvalue weighted by Gasteiger charge is -2.11. The number of ether oxygens (including phenoxy) is 2. The smallest absolute Gasteiger partial charge is 0.338 e. The molecular weight excluding hydrogens is 364 g/mol. The molecule has 0 unspecified atom stereocenters. The van der Waals surface area contributed by atoms with Gasteiger partial charge >= 0.3 is 5.97 Å². The number of carbonyl (C=O) groups excluding carboxylic acids is 3. The van der Waals surface area contributed by atoms with E-state index in [2.05, 4.69) is 10.6 Å². The maximum atomic E-state index is 12.0. The van der Waals surface area contributed by atoms with E-state index < -0.39 is 24.4 Å². The van der Waals surface area contributed by atoms with Gasteiger partial charge in [0.1, 0.15) is 11.5 Å². The molecule has 0 saturated carbocycles. The lowest BCUT2D eigenvalue weighted by Crippen LogP contribution is -2.35. The molecule has 28 heavy (non-hydrogen) atoms. The maximum Gasteiger partial charge on any atom is 0.338 e. The Balaban J connectivity index is 1.80. The van der Waals surface area contributed by atoms with Gasteiger partial charge in [0.15, 0.2) is 6.61 Å². The number of amides is 2. The molecule has 0 aliphatic rings. The van der Waals surface area contributed by atoms with Crippen molar-refractivity contribution < 1.29 is 29.0 Å². The van der Waals surface area contributed by atoms with Crippen LogP contribution in [0.25, 0.3) is 0 Å². The largest absolute Gasteiger partial charge is 0.508 e. The first-order chi connectivity index (χ1) is 13.3. The quantitative estimate of drug-likeness (QED) is 0.627. The molecule has 2 rings (SSSR count). The second kappa shape index (κ2) is 9.40. The van der Waals surface area contributed by atoms with Crippen LogP contribution in [0, 0.1) is 13.8 Å². The van der Waals surface area contributed by atoms with Gasteiger partial charge in [-0.05, 0) is 49.2 Å².